The van der Waals surface area contributed by atoms with E-state index in [2.05, 4.69) is 9.44 Å². The van der Waals surface area contributed by atoms with Gasteiger partial charge in [0.15, 0.2) is 0 Å². The van der Waals surface area contributed by atoms with E-state index in [0.717, 1.165) is 0 Å². The van der Waals surface area contributed by atoms with Crippen molar-refractivity contribution in [3.63, 3.8) is 0 Å². The average molecular weight is 223 g/mol. The van der Waals surface area contributed by atoms with Gasteiger partial charge in [0.2, 0.25) is 0 Å². The highest BCUT2D eigenvalue weighted by Crippen LogP contribution is 2.10. The molecule has 4 N–H and O–H groups in total. The quantitative estimate of drug-likeness (QED) is 0.583. The van der Waals surface area contributed by atoms with Crippen molar-refractivity contribution in [3.05, 3.63) is 0 Å². The second kappa shape index (κ2) is 5.06. The molecule has 0 rings (SSSR count). The lowest BCUT2D eigenvalue weighted by molar-refractivity contribution is 0.374. The van der Waals surface area contributed by atoms with Gasteiger partial charge < -0.3 is 5.73 Å². The molecule has 6 heteroatoms. The zero-order valence-electron chi connectivity index (χ0n) is 9.29. The van der Waals surface area contributed by atoms with Crippen LogP contribution >= 0.6 is 0 Å². The lowest BCUT2D eigenvalue weighted by Crippen LogP contribution is -2.45. The maximum Gasteiger partial charge on any atom is 0.277 e. The van der Waals surface area contributed by atoms with Gasteiger partial charge in [-0.3, -0.25) is 0 Å². The van der Waals surface area contributed by atoms with Crippen molar-refractivity contribution in [1.82, 2.24) is 9.44 Å². The highest BCUT2D eigenvalue weighted by Gasteiger charge is 2.19. The summed E-state index contributed by atoms with van der Waals surface area (Å²) in [6, 6.07) is -0.103. The van der Waals surface area contributed by atoms with Crippen molar-refractivity contribution in [1.29, 1.82) is 0 Å². The molecule has 0 atom stereocenters. The highest BCUT2D eigenvalue weighted by molar-refractivity contribution is 7.87. The second-order valence-electron chi connectivity index (χ2n) is 4.47. The van der Waals surface area contributed by atoms with Crippen molar-refractivity contribution in [2.45, 2.75) is 33.7 Å². The molecule has 5 nitrogen and oxygen atoms in total. The Bertz CT molecular complexity index is 260. The first-order valence-electron chi connectivity index (χ1n) is 4.65. The minimum absolute atomic E-state index is 0.103. The molecule has 0 saturated heterocycles. The van der Waals surface area contributed by atoms with Gasteiger partial charge in [0.05, 0.1) is 0 Å². The minimum Gasteiger partial charge on any atom is -0.330 e. The summed E-state index contributed by atoms with van der Waals surface area (Å²) >= 11 is 0. The molecule has 0 aliphatic heterocycles. The smallest absolute Gasteiger partial charge is 0.277 e. The number of nitrogens with one attached hydrogen (secondary N) is 2. The van der Waals surface area contributed by atoms with E-state index in [1.54, 1.807) is 13.8 Å². The molecule has 0 aromatic rings. The standard InChI is InChI=1S/C8H21N3O2S/c1-7(2)11-14(12,13)10-6-8(3,4)5-9/h7,10-11H,5-6,9H2,1-4H3. The van der Waals surface area contributed by atoms with Crippen LogP contribution in [0.25, 0.3) is 0 Å². The summed E-state index contributed by atoms with van der Waals surface area (Å²) in [6.07, 6.45) is 0. The Morgan fingerprint density at radius 3 is 2.21 bits per heavy atom. The fourth-order valence-corrected chi connectivity index (χ4v) is 2.00. The molecule has 0 radical (unpaired) electrons. The zero-order chi connectivity index (χ0) is 11.4. The van der Waals surface area contributed by atoms with E-state index in [9.17, 15) is 8.42 Å². The summed E-state index contributed by atoms with van der Waals surface area (Å²) in [5, 5.41) is 0. The predicted octanol–water partition coefficient (Wildman–Crippen LogP) is -0.196. The maximum absolute atomic E-state index is 11.3. The molecule has 0 fully saturated rings. The van der Waals surface area contributed by atoms with E-state index in [4.69, 9.17) is 5.73 Å². The number of hydrogen-bond donors (Lipinski definition) is 3. The fraction of sp³-hybridized carbons (Fsp3) is 1.00. The van der Waals surface area contributed by atoms with E-state index < -0.39 is 10.2 Å². The van der Waals surface area contributed by atoms with Gasteiger partial charge in [0, 0.05) is 12.6 Å². The van der Waals surface area contributed by atoms with Crippen molar-refractivity contribution >= 4 is 10.2 Å². The first-order valence-corrected chi connectivity index (χ1v) is 6.14. The van der Waals surface area contributed by atoms with Gasteiger partial charge in [-0.15, -0.1) is 0 Å². The maximum atomic E-state index is 11.3. The number of hydrogen-bond acceptors (Lipinski definition) is 3. The Morgan fingerprint density at radius 2 is 1.86 bits per heavy atom. The van der Waals surface area contributed by atoms with Gasteiger partial charge in [0.25, 0.3) is 10.2 Å². The molecular formula is C8H21N3O2S. The molecule has 0 unspecified atom stereocenters. The van der Waals surface area contributed by atoms with Crippen LogP contribution in [0, 0.1) is 5.41 Å². The van der Waals surface area contributed by atoms with Crippen LogP contribution in [-0.2, 0) is 10.2 Å². The largest absolute Gasteiger partial charge is 0.330 e. The molecule has 0 saturated carbocycles. The van der Waals surface area contributed by atoms with Crippen LogP contribution in [-0.4, -0.2) is 27.5 Å². The predicted molar refractivity (Wildman–Crippen MR) is 58.0 cm³/mol. The van der Waals surface area contributed by atoms with Gasteiger partial charge in [-0.2, -0.15) is 13.1 Å². The Labute approximate surface area is 86.6 Å². The van der Waals surface area contributed by atoms with E-state index in [1.807, 2.05) is 13.8 Å². The first kappa shape index (κ1) is 13.8. The molecule has 0 amide bonds. The Balaban J connectivity index is 4.13. The highest BCUT2D eigenvalue weighted by atomic mass is 32.2. The molecular weight excluding hydrogens is 202 g/mol. The fourth-order valence-electron chi connectivity index (χ4n) is 0.715. The van der Waals surface area contributed by atoms with E-state index in [0.29, 0.717) is 13.1 Å². The second-order valence-corrected chi connectivity index (χ2v) is 6.00. The lowest BCUT2D eigenvalue weighted by Gasteiger charge is -2.23. The molecule has 0 bridgehead atoms. The molecule has 0 aliphatic carbocycles. The van der Waals surface area contributed by atoms with Gasteiger partial charge in [-0.25, -0.2) is 4.72 Å². The Hall–Kier alpha value is -0.170. The van der Waals surface area contributed by atoms with Gasteiger partial charge in [-0.05, 0) is 25.8 Å². The summed E-state index contributed by atoms with van der Waals surface area (Å²) < 4.78 is 27.6. The van der Waals surface area contributed by atoms with Crippen molar-refractivity contribution in [3.8, 4) is 0 Å². The summed E-state index contributed by atoms with van der Waals surface area (Å²) in [5.41, 5.74) is 5.27. The third-order valence-corrected chi connectivity index (χ3v) is 2.99. The third-order valence-electron chi connectivity index (χ3n) is 1.68. The van der Waals surface area contributed by atoms with Crippen LogP contribution in [0.15, 0.2) is 0 Å². The molecule has 14 heavy (non-hydrogen) atoms. The number of rotatable bonds is 6. The molecule has 0 aromatic heterocycles. The van der Waals surface area contributed by atoms with Crippen LogP contribution in [0.1, 0.15) is 27.7 Å². The van der Waals surface area contributed by atoms with Gasteiger partial charge >= 0.3 is 0 Å². The molecule has 0 spiro atoms. The van der Waals surface area contributed by atoms with Crippen molar-refractivity contribution in [2.75, 3.05) is 13.1 Å². The summed E-state index contributed by atoms with van der Waals surface area (Å²) in [5.74, 6) is 0. The van der Waals surface area contributed by atoms with Crippen LogP contribution in [0.5, 0.6) is 0 Å². The van der Waals surface area contributed by atoms with Gasteiger partial charge in [-0.1, -0.05) is 13.8 Å². The van der Waals surface area contributed by atoms with Crippen LogP contribution in [0.3, 0.4) is 0 Å². The topological polar surface area (TPSA) is 84.2 Å². The van der Waals surface area contributed by atoms with Crippen molar-refractivity contribution < 1.29 is 8.42 Å². The van der Waals surface area contributed by atoms with Crippen molar-refractivity contribution in [2.24, 2.45) is 11.1 Å². The van der Waals surface area contributed by atoms with Crippen LogP contribution in [0.4, 0.5) is 0 Å². The average Bonchev–Trinajstić information content (AvgIpc) is 1.99. The summed E-state index contributed by atoms with van der Waals surface area (Å²) in [7, 11) is -3.38. The Kier molecular flexibility index (Phi) is 5.00. The normalized spacial score (nSPS) is 13.6. The van der Waals surface area contributed by atoms with Gasteiger partial charge in [0.1, 0.15) is 0 Å². The van der Waals surface area contributed by atoms with E-state index in [-0.39, 0.29) is 11.5 Å². The lowest BCUT2D eigenvalue weighted by atomic mass is 9.95. The molecule has 0 aromatic carbocycles. The summed E-state index contributed by atoms with van der Waals surface area (Å²) in [6.45, 7) is 8.14. The molecule has 0 heterocycles. The van der Waals surface area contributed by atoms with E-state index >= 15 is 0 Å². The SMILES string of the molecule is CC(C)NS(=O)(=O)NCC(C)(C)CN. The first-order chi connectivity index (χ1) is 6.18. The minimum atomic E-state index is -3.38. The monoisotopic (exact) mass is 223 g/mol. The number of nitrogens with two attached hydrogens (primary N) is 1. The summed E-state index contributed by atoms with van der Waals surface area (Å²) in [4.78, 5) is 0. The zero-order valence-corrected chi connectivity index (χ0v) is 10.1. The molecule has 0 aliphatic rings. The van der Waals surface area contributed by atoms with Crippen LogP contribution in [0.2, 0.25) is 0 Å². The third kappa shape index (κ3) is 6.31. The van der Waals surface area contributed by atoms with Crippen LogP contribution < -0.4 is 15.2 Å². The van der Waals surface area contributed by atoms with E-state index in [1.165, 1.54) is 0 Å². The molecule has 86 valence electrons. The Morgan fingerprint density at radius 1 is 1.36 bits per heavy atom.